The van der Waals surface area contributed by atoms with E-state index in [1.54, 1.807) is 63.8 Å². The molecule has 1 heterocycles. The van der Waals surface area contributed by atoms with Crippen molar-refractivity contribution < 1.29 is 14.6 Å². The Morgan fingerprint density at radius 3 is 1.73 bits per heavy atom. The third-order valence-corrected chi connectivity index (χ3v) is 5.96. The fraction of sp³-hybridized carbons (Fsp3) is 0.607. The van der Waals surface area contributed by atoms with Gasteiger partial charge in [0.05, 0.1) is 5.52 Å². The number of aliphatic imine (C=N–C) groups is 1. The second-order valence-corrected chi connectivity index (χ2v) is 10.5. The number of hydrazone groups is 1. The van der Waals surface area contributed by atoms with Gasteiger partial charge in [-0.2, -0.15) is 0 Å². The Balaban J connectivity index is -0.000000577. The van der Waals surface area contributed by atoms with Crippen LogP contribution in [-0.4, -0.2) is 158 Å². The standard InChI is InChI=1S/C11H14N4O.C9H20N4O.C3H8N4O2.C3H9N3.C2H7N/c1-8(14(3)9(2)16)15-11-7-5-4-6-10(11)12-13-15;1-7(13(6)8(2)14)11-9(10-3)12(4)5;1-6(2)3(4)5-7(8)9;1-6(2)3(4)5;1-3-2/h4-8H,1-3H3;7H,1-6H3,(H,10,11);1-2H3,(H2,4,5);1-2H3,(H3,4,5);3H,1-2H3. The number of aromatic nitrogens is 3. The highest BCUT2D eigenvalue weighted by Crippen LogP contribution is 2.17. The molecule has 1 aromatic carbocycles. The molecule has 20 nitrogen and oxygen atoms in total. The number of para-hydroxylation sites is 1. The maximum Gasteiger partial charge on any atom is 0.268 e. The van der Waals surface area contributed by atoms with Crippen LogP contribution in [0, 0.1) is 15.5 Å². The summed E-state index contributed by atoms with van der Waals surface area (Å²) in [4.78, 5) is 44.0. The zero-order valence-corrected chi connectivity index (χ0v) is 31.2. The summed E-state index contributed by atoms with van der Waals surface area (Å²) < 4.78 is 1.75. The highest BCUT2D eigenvalue weighted by Gasteiger charge is 2.17. The molecule has 0 radical (unpaired) electrons. The first kappa shape index (κ1) is 47.1. The number of nitrogens with two attached hydrogens (primary N) is 2. The zero-order valence-electron chi connectivity index (χ0n) is 31.2. The van der Waals surface area contributed by atoms with Crippen LogP contribution in [0.5, 0.6) is 0 Å². The largest absolute Gasteiger partial charge is 0.370 e. The lowest BCUT2D eigenvalue weighted by Crippen LogP contribution is -2.50. The van der Waals surface area contributed by atoms with Crippen LogP contribution in [0.3, 0.4) is 0 Å². The van der Waals surface area contributed by atoms with E-state index in [9.17, 15) is 19.7 Å². The van der Waals surface area contributed by atoms with Gasteiger partial charge in [0.15, 0.2) is 17.0 Å². The molecule has 0 saturated heterocycles. The van der Waals surface area contributed by atoms with Crippen molar-refractivity contribution in [2.45, 2.75) is 40.0 Å². The molecular formula is C28H58N16O4. The van der Waals surface area contributed by atoms with Gasteiger partial charge in [-0.3, -0.25) is 20.0 Å². The quantitative estimate of drug-likeness (QED) is 0.0895. The van der Waals surface area contributed by atoms with Gasteiger partial charge in [-0.05, 0) is 40.1 Å². The molecule has 0 aliphatic heterocycles. The summed E-state index contributed by atoms with van der Waals surface area (Å²) >= 11 is 0. The number of carbonyl (C=O) groups is 2. The Hall–Kier alpha value is -5.27. The van der Waals surface area contributed by atoms with Gasteiger partial charge in [0, 0.05) is 77.3 Å². The number of nitro groups is 1. The topological polar surface area (TPSA) is 249 Å². The van der Waals surface area contributed by atoms with E-state index in [1.807, 2.05) is 71.2 Å². The fourth-order valence-corrected chi connectivity index (χ4v) is 2.71. The summed E-state index contributed by atoms with van der Waals surface area (Å²) in [5.74, 6) is 0.770. The molecule has 48 heavy (non-hydrogen) atoms. The highest BCUT2D eigenvalue weighted by atomic mass is 16.7. The molecular weight excluding hydrogens is 624 g/mol. The van der Waals surface area contributed by atoms with E-state index in [2.05, 4.69) is 31.0 Å². The predicted octanol–water partition coefficient (Wildman–Crippen LogP) is -0.293. The van der Waals surface area contributed by atoms with E-state index >= 15 is 0 Å². The number of nitrogens with one attached hydrogen (secondary N) is 3. The van der Waals surface area contributed by atoms with Crippen molar-refractivity contribution in [3.05, 3.63) is 34.4 Å². The molecule has 0 fully saturated rings. The minimum atomic E-state index is -0.838. The second-order valence-electron chi connectivity index (χ2n) is 10.5. The number of benzene rings is 1. The highest BCUT2D eigenvalue weighted by molar-refractivity contribution is 5.80. The Morgan fingerprint density at radius 1 is 0.938 bits per heavy atom. The minimum absolute atomic E-state index is 0.00656. The van der Waals surface area contributed by atoms with Gasteiger partial charge in [0.25, 0.3) is 5.96 Å². The van der Waals surface area contributed by atoms with Crippen molar-refractivity contribution in [2.24, 2.45) is 21.6 Å². The van der Waals surface area contributed by atoms with Crippen LogP contribution < -0.4 is 22.1 Å². The smallest absolute Gasteiger partial charge is 0.268 e. The van der Waals surface area contributed by atoms with Gasteiger partial charge in [-0.1, -0.05) is 17.3 Å². The van der Waals surface area contributed by atoms with E-state index in [0.717, 1.165) is 17.0 Å². The van der Waals surface area contributed by atoms with Crippen molar-refractivity contribution in [3.8, 4) is 0 Å². The maximum atomic E-state index is 11.3. The molecule has 2 atom stereocenters. The van der Waals surface area contributed by atoms with E-state index < -0.39 is 5.03 Å². The average Bonchev–Trinajstić information content (AvgIpc) is 3.43. The lowest BCUT2D eigenvalue weighted by molar-refractivity contribution is -0.485. The lowest BCUT2D eigenvalue weighted by Gasteiger charge is -2.28. The van der Waals surface area contributed by atoms with E-state index in [1.165, 1.54) is 23.6 Å². The number of hydrogen-bond donors (Lipinski definition) is 5. The third kappa shape index (κ3) is 20.0. The van der Waals surface area contributed by atoms with Gasteiger partial charge in [-0.25, -0.2) is 14.8 Å². The molecule has 0 spiro atoms. The minimum Gasteiger partial charge on any atom is -0.370 e. The first-order valence-corrected chi connectivity index (χ1v) is 14.5. The van der Waals surface area contributed by atoms with Crippen LogP contribution in [0.25, 0.3) is 11.0 Å². The van der Waals surface area contributed by atoms with Gasteiger partial charge in [-0.15, -0.1) is 5.10 Å². The number of nitrogens with zero attached hydrogens (tertiary/aromatic N) is 11. The third-order valence-electron chi connectivity index (χ3n) is 5.96. The van der Waals surface area contributed by atoms with Crippen molar-refractivity contribution in [1.82, 2.24) is 50.1 Å². The van der Waals surface area contributed by atoms with E-state index in [4.69, 9.17) is 16.9 Å². The van der Waals surface area contributed by atoms with Crippen LogP contribution in [0.15, 0.2) is 34.4 Å². The molecule has 274 valence electrons. The Bertz CT molecular complexity index is 1310. The summed E-state index contributed by atoms with van der Waals surface area (Å²) in [5.41, 5.74) is 11.8. The maximum absolute atomic E-state index is 11.3. The molecule has 0 aliphatic rings. The summed E-state index contributed by atoms with van der Waals surface area (Å²) in [6.07, 6.45) is -0.196. The number of hydrogen-bond acceptors (Lipinski definition) is 9. The van der Waals surface area contributed by atoms with Gasteiger partial charge in [0.1, 0.15) is 22.9 Å². The van der Waals surface area contributed by atoms with Crippen molar-refractivity contribution in [1.29, 1.82) is 5.41 Å². The number of guanidine groups is 3. The van der Waals surface area contributed by atoms with E-state index in [-0.39, 0.29) is 36.1 Å². The Labute approximate surface area is 284 Å². The van der Waals surface area contributed by atoms with Crippen molar-refractivity contribution in [3.63, 3.8) is 0 Å². The van der Waals surface area contributed by atoms with Crippen molar-refractivity contribution >= 4 is 40.7 Å². The first-order chi connectivity index (χ1) is 22.1. The van der Waals surface area contributed by atoms with Crippen LogP contribution in [0.4, 0.5) is 0 Å². The summed E-state index contributed by atoms with van der Waals surface area (Å²) in [7, 11) is 19.4. The normalized spacial score (nSPS) is 11.6. The molecule has 2 rings (SSSR count). The summed E-state index contributed by atoms with van der Waals surface area (Å²) in [5, 5.41) is 32.3. The first-order valence-electron chi connectivity index (χ1n) is 14.5. The molecule has 7 N–H and O–H groups in total. The summed E-state index contributed by atoms with van der Waals surface area (Å²) in [6.45, 7) is 6.91. The molecule has 2 unspecified atom stereocenters. The SMILES string of the molecule is CC(=O)N(C)C(C)n1nnc2ccccc21.CN(C)/C(N)=N/[N+](=O)[O-].CN(C)C(=N)N.CN=C(NC(C)N(C)C(C)=O)N(C)C.CNC. The zero-order chi connectivity index (χ0) is 38.3. The second kappa shape index (κ2) is 24.9. The number of rotatable bonds is 5. The van der Waals surface area contributed by atoms with E-state index in [0.29, 0.717) is 0 Å². The number of amides is 2. The fourth-order valence-electron chi connectivity index (χ4n) is 2.71. The average molecular weight is 683 g/mol. The number of carbonyl (C=O) groups excluding carboxylic acids is 2. The predicted molar refractivity (Wildman–Crippen MR) is 192 cm³/mol. The van der Waals surface area contributed by atoms with Crippen molar-refractivity contribution in [2.75, 3.05) is 77.5 Å². The molecule has 1 aromatic heterocycles. The van der Waals surface area contributed by atoms with Gasteiger partial charge in [0.2, 0.25) is 11.8 Å². The lowest BCUT2D eigenvalue weighted by atomic mass is 10.3. The Morgan fingerprint density at radius 2 is 1.40 bits per heavy atom. The van der Waals surface area contributed by atoms with Gasteiger partial charge >= 0.3 is 0 Å². The monoisotopic (exact) mass is 682 g/mol. The van der Waals surface area contributed by atoms with Crippen LogP contribution in [-0.2, 0) is 9.59 Å². The van der Waals surface area contributed by atoms with Crippen LogP contribution in [0.1, 0.15) is 33.9 Å². The molecule has 2 aromatic rings. The van der Waals surface area contributed by atoms with Crippen LogP contribution >= 0.6 is 0 Å². The molecule has 0 aliphatic carbocycles. The summed E-state index contributed by atoms with van der Waals surface area (Å²) in [6, 6.07) is 7.70. The molecule has 0 bridgehead atoms. The van der Waals surface area contributed by atoms with Crippen LogP contribution in [0.2, 0.25) is 0 Å². The molecule has 20 heteroatoms. The Kier molecular flexibility index (Phi) is 24.5. The number of fused-ring (bicyclic) bond motifs is 1. The molecule has 0 saturated carbocycles. The van der Waals surface area contributed by atoms with Gasteiger partial charge < -0.3 is 46.6 Å². The molecule has 2 amide bonds.